The fourth-order valence-electron chi connectivity index (χ4n) is 6.62. The van der Waals surface area contributed by atoms with Crippen molar-refractivity contribution in [2.75, 3.05) is 6.54 Å². The van der Waals surface area contributed by atoms with Gasteiger partial charge in [0.05, 0.1) is 11.7 Å². The van der Waals surface area contributed by atoms with E-state index in [0.29, 0.717) is 0 Å². The molecule has 1 aromatic rings. The zero-order valence-corrected chi connectivity index (χ0v) is 15.0. The van der Waals surface area contributed by atoms with Gasteiger partial charge in [-0.05, 0) is 87.8 Å². The lowest BCUT2D eigenvalue weighted by molar-refractivity contribution is -0.131. The Labute approximate surface area is 150 Å². The van der Waals surface area contributed by atoms with Crippen molar-refractivity contribution < 1.29 is 4.79 Å². The molecule has 4 heteroatoms. The zero-order valence-electron chi connectivity index (χ0n) is 15.0. The molecule has 4 nitrogen and oxygen atoms in total. The van der Waals surface area contributed by atoms with Crippen LogP contribution in [-0.2, 0) is 11.3 Å². The summed E-state index contributed by atoms with van der Waals surface area (Å²) >= 11 is 0. The largest absolute Gasteiger partial charge is 0.349 e. The van der Waals surface area contributed by atoms with E-state index in [1.807, 2.05) is 18.3 Å². The summed E-state index contributed by atoms with van der Waals surface area (Å²) in [5.41, 5.74) is 1.20. The lowest BCUT2D eigenvalue weighted by Crippen LogP contribution is -2.62. The summed E-state index contributed by atoms with van der Waals surface area (Å²) in [6.07, 6.45) is 11.9. The van der Waals surface area contributed by atoms with Gasteiger partial charge in [0.2, 0.25) is 5.91 Å². The minimum Gasteiger partial charge on any atom is -0.349 e. The molecular weight excluding hydrogens is 310 g/mol. The van der Waals surface area contributed by atoms with E-state index >= 15 is 0 Å². The standard InChI is InChI=1S/C21H29N3O/c25-20(19-5-3-7-24(19)14-18-4-1-2-6-22-18)23-21-11-15-8-16(12-21)10-17(9-15)13-21/h1-2,4,6,15-17,19H,3,5,7-14H2,(H,23,25)/t15?,16?,17?,19-,21?/m1/s1. The molecule has 2 heterocycles. The smallest absolute Gasteiger partial charge is 0.237 e. The van der Waals surface area contributed by atoms with Gasteiger partial charge in [0.1, 0.15) is 0 Å². The molecule has 4 aliphatic carbocycles. The van der Waals surface area contributed by atoms with Crippen LogP contribution < -0.4 is 5.32 Å². The topological polar surface area (TPSA) is 45.2 Å². The Balaban J connectivity index is 1.27. The maximum absolute atomic E-state index is 13.2. The Bertz CT molecular complexity index is 609. The number of nitrogens with one attached hydrogen (secondary N) is 1. The van der Waals surface area contributed by atoms with Crippen LogP contribution in [0.5, 0.6) is 0 Å². The van der Waals surface area contributed by atoms with Gasteiger partial charge in [0.25, 0.3) is 0 Å². The van der Waals surface area contributed by atoms with E-state index < -0.39 is 0 Å². The minimum absolute atomic E-state index is 0.0370. The van der Waals surface area contributed by atoms with Crippen molar-refractivity contribution in [3.8, 4) is 0 Å². The SMILES string of the molecule is O=C(NC12CC3CC(CC(C3)C1)C2)[C@H]1CCCN1Cc1ccccn1. The predicted octanol–water partition coefficient (Wildman–Crippen LogP) is 3.13. The van der Waals surface area contributed by atoms with E-state index in [1.54, 1.807) is 0 Å². The van der Waals surface area contributed by atoms with Crippen LogP contribution in [-0.4, -0.2) is 33.9 Å². The van der Waals surface area contributed by atoms with Gasteiger partial charge in [-0.3, -0.25) is 14.7 Å². The van der Waals surface area contributed by atoms with Crippen LogP contribution >= 0.6 is 0 Å². The molecule has 4 bridgehead atoms. The zero-order chi connectivity index (χ0) is 16.9. The molecule has 1 amide bonds. The highest BCUT2D eigenvalue weighted by Crippen LogP contribution is 2.55. The van der Waals surface area contributed by atoms with Crippen molar-refractivity contribution in [1.29, 1.82) is 0 Å². The molecule has 1 aromatic heterocycles. The second-order valence-electron chi connectivity index (χ2n) is 9.14. The van der Waals surface area contributed by atoms with Crippen LogP contribution in [0.1, 0.15) is 57.1 Å². The molecule has 6 rings (SSSR count). The Morgan fingerprint density at radius 3 is 2.52 bits per heavy atom. The van der Waals surface area contributed by atoms with Crippen molar-refractivity contribution >= 4 is 5.91 Å². The number of amides is 1. The molecule has 1 saturated heterocycles. The van der Waals surface area contributed by atoms with Crippen molar-refractivity contribution in [1.82, 2.24) is 15.2 Å². The summed E-state index contributed by atoms with van der Waals surface area (Å²) in [6, 6.07) is 6.08. The number of pyridine rings is 1. The summed E-state index contributed by atoms with van der Waals surface area (Å²) in [4.78, 5) is 19.9. The van der Waals surface area contributed by atoms with Gasteiger partial charge < -0.3 is 5.32 Å². The summed E-state index contributed by atoms with van der Waals surface area (Å²) in [5, 5.41) is 3.58. The Morgan fingerprint density at radius 2 is 1.88 bits per heavy atom. The highest BCUT2D eigenvalue weighted by Gasteiger charge is 2.52. The second kappa shape index (κ2) is 6.08. The molecule has 1 atom stereocenters. The molecule has 5 fully saturated rings. The van der Waals surface area contributed by atoms with Crippen molar-refractivity contribution in [3.63, 3.8) is 0 Å². The fourth-order valence-corrected chi connectivity index (χ4v) is 6.62. The second-order valence-corrected chi connectivity index (χ2v) is 9.14. The number of rotatable bonds is 4. The molecule has 0 unspecified atom stereocenters. The van der Waals surface area contributed by atoms with E-state index in [1.165, 1.54) is 38.5 Å². The van der Waals surface area contributed by atoms with Crippen LogP contribution in [0.15, 0.2) is 24.4 Å². The average Bonchev–Trinajstić information content (AvgIpc) is 3.02. The van der Waals surface area contributed by atoms with Crippen LogP contribution in [0.4, 0.5) is 0 Å². The molecule has 1 N–H and O–H groups in total. The van der Waals surface area contributed by atoms with Gasteiger partial charge in [0.15, 0.2) is 0 Å². The monoisotopic (exact) mass is 339 g/mol. The highest BCUT2D eigenvalue weighted by molar-refractivity contribution is 5.82. The van der Waals surface area contributed by atoms with Crippen LogP contribution in [0, 0.1) is 17.8 Å². The van der Waals surface area contributed by atoms with E-state index in [-0.39, 0.29) is 17.5 Å². The predicted molar refractivity (Wildman–Crippen MR) is 96.7 cm³/mol. The maximum Gasteiger partial charge on any atom is 0.237 e. The van der Waals surface area contributed by atoms with Gasteiger partial charge in [0, 0.05) is 18.3 Å². The summed E-state index contributed by atoms with van der Waals surface area (Å²) in [7, 11) is 0. The lowest BCUT2D eigenvalue weighted by atomic mass is 9.53. The van der Waals surface area contributed by atoms with E-state index in [9.17, 15) is 4.79 Å². The normalized spacial score (nSPS) is 39.7. The number of likely N-dealkylation sites (tertiary alicyclic amines) is 1. The third kappa shape index (κ3) is 2.99. The average molecular weight is 339 g/mol. The first kappa shape index (κ1) is 15.8. The van der Waals surface area contributed by atoms with Crippen molar-refractivity contribution in [3.05, 3.63) is 30.1 Å². The third-order valence-corrected chi connectivity index (χ3v) is 7.18. The summed E-state index contributed by atoms with van der Waals surface area (Å²) in [5.74, 6) is 2.91. The molecule has 4 saturated carbocycles. The first-order valence-corrected chi connectivity index (χ1v) is 10.2. The highest BCUT2D eigenvalue weighted by atomic mass is 16.2. The summed E-state index contributed by atoms with van der Waals surface area (Å²) in [6.45, 7) is 1.80. The van der Waals surface area contributed by atoms with E-state index in [4.69, 9.17) is 0 Å². The van der Waals surface area contributed by atoms with Crippen LogP contribution in [0.3, 0.4) is 0 Å². The number of carbonyl (C=O) groups is 1. The van der Waals surface area contributed by atoms with Gasteiger partial charge in [-0.15, -0.1) is 0 Å². The first-order chi connectivity index (χ1) is 12.2. The van der Waals surface area contributed by atoms with Gasteiger partial charge in [-0.25, -0.2) is 0 Å². The quantitative estimate of drug-likeness (QED) is 0.917. The number of hydrogen-bond donors (Lipinski definition) is 1. The molecule has 0 radical (unpaired) electrons. The molecule has 134 valence electrons. The third-order valence-electron chi connectivity index (χ3n) is 7.18. The Morgan fingerprint density at radius 1 is 1.16 bits per heavy atom. The number of nitrogens with zero attached hydrogens (tertiary/aromatic N) is 2. The molecular formula is C21H29N3O. The lowest BCUT2D eigenvalue weighted by Gasteiger charge is -2.57. The molecule has 1 aliphatic heterocycles. The fraction of sp³-hybridized carbons (Fsp3) is 0.714. The van der Waals surface area contributed by atoms with Crippen molar-refractivity contribution in [2.24, 2.45) is 17.8 Å². The molecule has 0 spiro atoms. The van der Waals surface area contributed by atoms with E-state index in [2.05, 4.69) is 21.3 Å². The van der Waals surface area contributed by atoms with Gasteiger partial charge in [-0.2, -0.15) is 0 Å². The summed E-state index contributed by atoms with van der Waals surface area (Å²) < 4.78 is 0. The Kier molecular flexibility index (Phi) is 3.85. The van der Waals surface area contributed by atoms with Crippen molar-refractivity contribution in [2.45, 2.75) is 69.5 Å². The first-order valence-electron chi connectivity index (χ1n) is 10.2. The Hall–Kier alpha value is -1.42. The minimum atomic E-state index is 0.0370. The van der Waals surface area contributed by atoms with Gasteiger partial charge in [-0.1, -0.05) is 6.07 Å². The number of carbonyl (C=O) groups excluding carboxylic acids is 1. The number of aromatic nitrogens is 1. The van der Waals surface area contributed by atoms with Crippen LogP contribution in [0.25, 0.3) is 0 Å². The van der Waals surface area contributed by atoms with Gasteiger partial charge >= 0.3 is 0 Å². The molecule has 0 aromatic carbocycles. The van der Waals surface area contributed by atoms with E-state index in [0.717, 1.165) is 49.4 Å². The van der Waals surface area contributed by atoms with Crippen LogP contribution in [0.2, 0.25) is 0 Å². The maximum atomic E-state index is 13.2. The number of hydrogen-bond acceptors (Lipinski definition) is 3. The molecule has 25 heavy (non-hydrogen) atoms. The molecule has 5 aliphatic rings.